The molecule has 116 valence electrons. The van der Waals surface area contributed by atoms with E-state index in [2.05, 4.69) is 17.4 Å². The van der Waals surface area contributed by atoms with Crippen LogP contribution >= 0.6 is 0 Å². The lowest BCUT2D eigenvalue weighted by Gasteiger charge is -2.25. The van der Waals surface area contributed by atoms with Crippen LogP contribution in [0.3, 0.4) is 0 Å². The molecule has 1 aromatic rings. The summed E-state index contributed by atoms with van der Waals surface area (Å²) in [7, 11) is 1.58. The fraction of sp³-hybridized carbons (Fsp3) is 0.562. The number of hydrogen-bond acceptors (Lipinski definition) is 4. The molecule has 0 bridgehead atoms. The third kappa shape index (κ3) is 4.27. The van der Waals surface area contributed by atoms with Gasteiger partial charge in [0.25, 0.3) is 0 Å². The number of aliphatic hydroxyl groups is 2. The highest BCUT2D eigenvalue weighted by molar-refractivity contribution is 5.76. The first-order valence-electron chi connectivity index (χ1n) is 7.46. The Morgan fingerprint density at radius 3 is 2.71 bits per heavy atom. The van der Waals surface area contributed by atoms with Crippen molar-refractivity contribution in [1.82, 2.24) is 10.2 Å². The summed E-state index contributed by atoms with van der Waals surface area (Å²) in [6, 6.07) is 9.93. The summed E-state index contributed by atoms with van der Waals surface area (Å²) in [5.74, 6) is -0.110. The van der Waals surface area contributed by atoms with Crippen LogP contribution in [0.5, 0.6) is 0 Å². The van der Waals surface area contributed by atoms with Crippen molar-refractivity contribution in [2.75, 3.05) is 20.1 Å². The fourth-order valence-corrected chi connectivity index (χ4v) is 2.89. The van der Waals surface area contributed by atoms with Gasteiger partial charge in [0, 0.05) is 26.1 Å². The lowest BCUT2D eigenvalue weighted by Crippen LogP contribution is -2.40. The highest BCUT2D eigenvalue weighted by atomic mass is 16.3. The van der Waals surface area contributed by atoms with E-state index in [1.165, 1.54) is 5.56 Å². The first-order chi connectivity index (χ1) is 10.1. The number of nitrogens with zero attached hydrogens (tertiary/aromatic N) is 1. The van der Waals surface area contributed by atoms with Crippen LogP contribution in [-0.2, 0) is 11.2 Å². The maximum Gasteiger partial charge on any atom is 0.221 e. The third-order valence-corrected chi connectivity index (χ3v) is 4.11. The zero-order valence-corrected chi connectivity index (χ0v) is 12.4. The van der Waals surface area contributed by atoms with Gasteiger partial charge in [-0.05, 0) is 24.9 Å². The van der Waals surface area contributed by atoms with Crippen LogP contribution in [0.1, 0.15) is 18.4 Å². The van der Waals surface area contributed by atoms with Crippen LogP contribution in [0, 0.1) is 0 Å². The quantitative estimate of drug-likeness (QED) is 0.698. The number of nitrogens with one attached hydrogen (secondary N) is 1. The van der Waals surface area contributed by atoms with Crippen molar-refractivity contribution in [2.45, 2.75) is 37.5 Å². The molecule has 1 aliphatic rings. The van der Waals surface area contributed by atoms with Crippen LogP contribution in [0.2, 0.25) is 0 Å². The van der Waals surface area contributed by atoms with Gasteiger partial charge in [0.15, 0.2) is 0 Å². The minimum atomic E-state index is -0.848. The number of benzene rings is 1. The van der Waals surface area contributed by atoms with Crippen LogP contribution < -0.4 is 5.32 Å². The second-order valence-electron chi connectivity index (χ2n) is 5.59. The van der Waals surface area contributed by atoms with E-state index in [1.54, 1.807) is 7.05 Å². The molecule has 0 unspecified atom stereocenters. The Balaban J connectivity index is 1.86. The topological polar surface area (TPSA) is 72.8 Å². The largest absolute Gasteiger partial charge is 0.389 e. The maximum atomic E-state index is 11.5. The van der Waals surface area contributed by atoms with Gasteiger partial charge in [-0.2, -0.15) is 0 Å². The number of likely N-dealkylation sites (tertiary alicyclic amines) is 1. The first kappa shape index (κ1) is 15.9. The SMILES string of the molecule is CNC(=O)C[C@@H]1[C@@H](O)[C@H](O)CN1CCCc1ccccc1. The van der Waals surface area contributed by atoms with Crippen LogP contribution in [0.25, 0.3) is 0 Å². The van der Waals surface area contributed by atoms with Gasteiger partial charge in [0.1, 0.15) is 0 Å². The van der Waals surface area contributed by atoms with Crippen LogP contribution in [0.4, 0.5) is 0 Å². The normalized spacial score (nSPS) is 26.0. The molecule has 1 heterocycles. The molecule has 0 saturated carbocycles. The van der Waals surface area contributed by atoms with Gasteiger partial charge >= 0.3 is 0 Å². The predicted molar refractivity (Wildman–Crippen MR) is 80.8 cm³/mol. The van der Waals surface area contributed by atoms with Crippen molar-refractivity contribution in [3.8, 4) is 0 Å². The highest BCUT2D eigenvalue weighted by Gasteiger charge is 2.40. The minimum Gasteiger partial charge on any atom is -0.389 e. The molecule has 3 N–H and O–H groups in total. The number of aryl methyl sites for hydroxylation is 1. The highest BCUT2D eigenvalue weighted by Crippen LogP contribution is 2.22. The summed E-state index contributed by atoms with van der Waals surface area (Å²) in [5.41, 5.74) is 1.28. The molecule has 0 spiro atoms. The summed E-state index contributed by atoms with van der Waals surface area (Å²) < 4.78 is 0. The summed E-state index contributed by atoms with van der Waals surface area (Å²) in [6.45, 7) is 1.20. The second-order valence-corrected chi connectivity index (χ2v) is 5.59. The number of carbonyl (C=O) groups is 1. The van der Waals surface area contributed by atoms with Gasteiger partial charge in [-0.1, -0.05) is 30.3 Å². The summed E-state index contributed by atoms with van der Waals surface area (Å²) in [4.78, 5) is 13.6. The Bertz CT molecular complexity index is 452. The third-order valence-electron chi connectivity index (χ3n) is 4.11. The standard InChI is InChI=1S/C16H24N2O3/c1-17-15(20)10-13-16(21)14(19)11-18(13)9-5-8-12-6-3-2-4-7-12/h2-4,6-7,13-14,16,19,21H,5,8-11H2,1H3,(H,17,20)/t13-,14-,16-/m1/s1. The Kier molecular flexibility index (Phi) is 5.73. The Hall–Kier alpha value is -1.43. The molecule has 5 heteroatoms. The monoisotopic (exact) mass is 292 g/mol. The smallest absolute Gasteiger partial charge is 0.221 e. The minimum absolute atomic E-state index is 0.110. The molecular weight excluding hydrogens is 268 g/mol. The van der Waals surface area contributed by atoms with E-state index >= 15 is 0 Å². The van der Waals surface area contributed by atoms with E-state index < -0.39 is 12.2 Å². The first-order valence-corrected chi connectivity index (χ1v) is 7.46. The van der Waals surface area contributed by atoms with Gasteiger partial charge in [0.2, 0.25) is 5.91 Å². The van der Waals surface area contributed by atoms with Gasteiger partial charge in [0.05, 0.1) is 12.2 Å². The molecule has 21 heavy (non-hydrogen) atoms. The number of aliphatic hydroxyl groups excluding tert-OH is 2. The number of β-amino-alcohol motifs (C(OH)–C–C–N with tert-alkyl or cyclic N) is 1. The average molecular weight is 292 g/mol. The molecular formula is C16H24N2O3. The van der Waals surface area contributed by atoms with E-state index in [-0.39, 0.29) is 18.4 Å². The Morgan fingerprint density at radius 1 is 1.33 bits per heavy atom. The number of hydrogen-bond donors (Lipinski definition) is 3. The van der Waals surface area contributed by atoms with E-state index in [0.29, 0.717) is 6.54 Å². The van der Waals surface area contributed by atoms with Gasteiger partial charge in [-0.3, -0.25) is 9.69 Å². The van der Waals surface area contributed by atoms with Gasteiger partial charge in [-0.15, -0.1) is 0 Å². The molecule has 3 atom stereocenters. The number of amides is 1. The lowest BCUT2D eigenvalue weighted by molar-refractivity contribution is -0.122. The molecule has 2 rings (SSSR count). The molecule has 1 amide bonds. The fourth-order valence-electron chi connectivity index (χ4n) is 2.89. The molecule has 1 aliphatic heterocycles. The van der Waals surface area contributed by atoms with Crippen molar-refractivity contribution in [2.24, 2.45) is 0 Å². The molecule has 1 aromatic carbocycles. The van der Waals surface area contributed by atoms with E-state index in [9.17, 15) is 15.0 Å². The van der Waals surface area contributed by atoms with E-state index in [0.717, 1.165) is 19.4 Å². The molecule has 0 aromatic heterocycles. The van der Waals surface area contributed by atoms with Gasteiger partial charge < -0.3 is 15.5 Å². The molecule has 0 radical (unpaired) electrons. The molecule has 5 nitrogen and oxygen atoms in total. The van der Waals surface area contributed by atoms with Crippen molar-refractivity contribution in [1.29, 1.82) is 0 Å². The van der Waals surface area contributed by atoms with E-state index in [4.69, 9.17) is 0 Å². The summed E-state index contributed by atoms with van der Waals surface area (Å²) in [6.07, 6.45) is 0.500. The van der Waals surface area contributed by atoms with Crippen molar-refractivity contribution < 1.29 is 15.0 Å². The summed E-state index contributed by atoms with van der Waals surface area (Å²) in [5, 5.41) is 22.4. The number of carbonyl (C=O) groups excluding carboxylic acids is 1. The van der Waals surface area contributed by atoms with Crippen molar-refractivity contribution >= 4 is 5.91 Å². The molecule has 1 fully saturated rings. The lowest BCUT2D eigenvalue weighted by atomic mass is 10.1. The second kappa shape index (κ2) is 7.54. The maximum absolute atomic E-state index is 11.5. The molecule has 0 aliphatic carbocycles. The van der Waals surface area contributed by atoms with Crippen LogP contribution in [0.15, 0.2) is 30.3 Å². The average Bonchev–Trinajstić information content (AvgIpc) is 2.76. The van der Waals surface area contributed by atoms with Crippen molar-refractivity contribution in [3.63, 3.8) is 0 Å². The van der Waals surface area contributed by atoms with Crippen molar-refractivity contribution in [3.05, 3.63) is 35.9 Å². The molecule has 1 saturated heterocycles. The zero-order chi connectivity index (χ0) is 15.2. The summed E-state index contributed by atoms with van der Waals surface area (Å²) >= 11 is 0. The Morgan fingerprint density at radius 2 is 2.05 bits per heavy atom. The predicted octanol–water partition coefficient (Wildman–Crippen LogP) is 0.161. The van der Waals surface area contributed by atoms with E-state index in [1.807, 2.05) is 23.1 Å². The number of rotatable bonds is 6. The van der Waals surface area contributed by atoms with Gasteiger partial charge in [-0.25, -0.2) is 0 Å². The Labute approximate surface area is 125 Å². The van der Waals surface area contributed by atoms with Crippen LogP contribution in [-0.4, -0.2) is 59.4 Å². The zero-order valence-electron chi connectivity index (χ0n) is 12.4.